The standard InChI is InChI=1S/C24H38N8O2/c1-18-19(2)32-20-21(25-23(32)31(26-18)17-15-29-12-8-5-9-13-29)27(3)24(34)30(22(20)33)16-14-28-10-6-4-7-11-28/h19H,4-17H2,1-3H3/t19-/m0/s1. The summed E-state index contributed by atoms with van der Waals surface area (Å²) < 4.78 is 4.92. The van der Waals surface area contributed by atoms with Crippen LogP contribution in [0.15, 0.2) is 14.7 Å². The van der Waals surface area contributed by atoms with Gasteiger partial charge in [0.1, 0.15) is 0 Å². The molecule has 186 valence electrons. The average Bonchev–Trinajstić information content (AvgIpc) is 3.27. The molecule has 0 amide bonds. The Kier molecular flexibility index (Phi) is 6.61. The first-order valence-corrected chi connectivity index (χ1v) is 12.9. The quantitative estimate of drug-likeness (QED) is 0.638. The Morgan fingerprint density at radius 2 is 1.44 bits per heavy atom. The maximum Gasteiger partial charge on any atom is 0.332 e. The molecule has 2 fully saturated rings. The highest BCUT2D eigenvalue weighted by atomic mass is 16.2. The lowest BCUT2D eigenvalue weighted by atomic mass is 10.1. The summed E-state index contributed by atoms with van der Waals surface area (Å²) in [4.78, 5) is 36.5. The van der Waals surface area contributed by atoms with Crippen molar-refractivity contribution in [3.8, 4) is 0 Å². The maximum atomic E-state index is 13.7. The first-order chi connectivity index (χ1) is 16.5. The van der Waals surface area contributed by atoms with Gasteiger partial charge in [-0.1, -0.05) is 12.8 Å². The summed E-state index contributed by atoms with van der Waals surface area (Å²) in [6.45, 7) is 11.1. The number of fused-ring (bicyclic) bond motifs is 3. The number of anilines is 1. The topological polar surface area (TPSA) is 83.9 Å². The van der Waals surface area contributed by atoms with E-state index in [0.717, 1.165) is 45.0 Å². The van der Waals surface area contributed by atoms with Crippen molar-refractivity contribution in [2.24, 2.45) is 12.1 Å². The number of nitrogens with zero attached hydrogens (tertiary/aromatic N) is 8. The van der Waals surface area contributed by atoms with Crippen LogP contribution in [0.3, 0.4) is 0 Å². The van der Waals surface area contributed by atoms with Crippen molar-refractivity contribution in [3.63, 3.8) is 0 Å². The van der Waals surface area contributed by atoms with E-state index in [-0.39, 0.29) is 17.3 Å². The molecule has 0 bridgehead atoms. The Morgan fingerprint density at radius 3 is 2.06 bits per heavy atom. The Bertz CT molecular complexity index is 1180. The fourth-order valence-electron chi connectivity index (χ4n) is 5.57. The van der Waals surface area contributed by atoms with Gasteiger partial charge in [0.15, 0.2) is 11.2 Å². The second kappa shape index (κ2) is 9.65. The maximum absolute atomic E-state index is 13.7. The van der Waals surface area contributed by atoms with Crippen molar-refractivity contribution in [2.45, 2.75) is 65.0 Å². The molecule has 1 atom stereocenters. The van der Waals surface area contributed by atoms with Crippen molar-refractivity contribution in [1.82, 2.24) is 28.5 Å². The molecule has 0 N–H and O–H groups in total. The average molecular weight is 471 g/mol. The van der Waals surface area contributed by atoms with E-state index < -0.39 is 0 Å². The van der Waals surface area contributed by atoms with Gasteiger partial charge in [0.2, 0.25) is 5.95 Å². The highest BCUT2D eigenvalue weighted by Gasteiger charge is 2.31. The predicted octanol–water partition coefficient (Wildman–Crippen LogP) is 1.63. The summed E-state index contributed by atoms with van der Waals surface area (Å²) >= 11 is 0. The molecule has 3 aliphatic heterocycles. The number of hydrogen-bond acceptors (Lipinski definition) is 7. The first kappa shape index (κ1) is 23.3. The monoisotopic (exact) mass is 470 g/mol. The summed E-state index contributed by atoms with van der Waals surface area (Å²) in [6, 6.07) is -0.0908. The van der Waals surface area contributed by atoms with Crippen LogP contribution in [0.1, 0.15) is 58.4 Å². The van der Waals surface area contributed by atoms with Crippen LogP contribution in [-0.2, 0) is 13.6 Å². The molecule has 5 rings (SSSR count). The number of likely N-dealkylation sites (tertiary alicyclic amines) is 2. The molecule has 2 saturated heterocycles. The lowest BCUT2D eigenvalue weighted by molar-refractivity contribution is 0.218. The minimum Gasteiger partial charge on any atom is -0.302 e. The molecular weight excluding hydrogens is 432 g/mol. The van der Waals surface area contributed by atoms with Gasteiger partial charge in [0, 0.05) is 26.7 Å². The van der Waals surface area contributed by atoms with Gasteiger partial charge in [-0.05, 0) is 65.7 Å². The van der Waals surface area contributed by atoms with Gasteiger partial charge in [-0.15, -0.1) is 0 Å². The van der Waals surface area contributed by atoms with Gasteiger partial charge in [0.25, 0.3) is 5.56 Å². The van der Waals surface area contributed by atoms with E-state index in [0.29, 0.717) is 30.2 Å². The molecule has 0 aromatic carbocycles. The highest BCUT2D eigenvalue weighted by Crippen LogP contribution is 2.29. The Hall–Kier alpha value is -2.46. The SMILES string of the molecule is CC1=NN(CCN2CCCCC2)c2nc3c(c(=O)n(CCN4CCCCC4)c(=O)n3C)n2[C@H]1C. The molecule has 2 aromatic heterocycles. The van der Waals surface area contributed by atoms with Crippen molar-refractivity contribution >= 4 is 22.8 Å². The lowest BCUT2D eigenvalue weighted by Gasteiger charge is -2.32. The third-order valence-electron chi connectivity index (χ3n) is 7.82. The summed E-state index contributed by atoms with van der Waals surface area (Å²) in [6.07, 6.45) is 7.44. The van der Waals surface area contributed by atoms with E-state index in [1.54, 1.807) is 7.05 Å². The molecule has 10 nitrogen and oxygen atoms in total. The van der Waals surface area contributed by atoms with Crippen LogP contribution < -0.4 is 16.3 Å². The molecule has 3 aliphatic rings. The predicted molar refractivity (Wildman–Crippen MR) is 135 cm³/mol. The Balaban J connectivity index is 1.49. The highest BCUT2D eigenvalue weighted by molar-refractivity contribution is 5.91. The van der Waals surface area contributed by atoms with Gasteiger partial charge >= 0.3 is 5.69 Å². The van der Waals surface area contributed by atoms with Crippen molar-refractivity contribution in [3.05, 3.63) is 20.8 Å². The normalized spacial score (nSPS) is 22.3. The fourth-order valence-corrected chi connectivity index (χ4v) is 5.57. The molecule has 10 heteroatoms. The Morgan fingerprint density at radius 1 is 0.853 bits per heavy atom. The molecule has 0 unspecified atom stereocenters. The molecule has 0 spiro atoms. The zero-order valence-electron chi connectivity index (χ0n) is 20.9. The molecule has 0 aliphatic carbocycles. The van der Waals surface area contributed by atoms with Crippen molar-refractivity contribution in [2.75, 3.05) is 50.8 Å². The summed E-state index contributed by atoms with van der Waals surface area (Å²) in [7, 11) is 1.72. The summed E-state index contributed by atoms with van der Waals surface area (Å²) in [5.74, 6) is 0.658. The number of rotatable bonds is 6. The van der Waals surface area contributed by atoms with Crippen LogP contribution in [0.4, 0.5) is 5.95 Å². The molecule has 0 saturated carbocycles. The van der Waals surface area contributed by atoms with E-state index >= 15 is 0 Å². The molecular formula is C24H38N8O2. The largest absolute Gasteiger partial charge is 0.332 e. The minimum atomic E-state index is -0.296. The fraction of sp³-hybridized carbons (Fsp3) is 0.750. The third kappa shape index (κ3) is 4.22. The van der Waals surface area contributed by atoms with Crippen LogP contribution in [0.2, 0.25) is 0 Å². The van der Waals surface area contributed by atoms with E-state index in [9.17, 15) is 9.59 Å². The molecule has 5 heterocycles. The second-order valence-corrected chi connectivity index (χ2v) is 10.1. The van der Waals surface area contributed by atoms with E-state index in [4.69, 9.17) is 10.1 Å². The summed E-state index contributed by atoms with van der Waals surface area (Å²) in [5.41, 5.74) is 1.35. The van der Waals surface area contributed by atoms with E-state index in [1.807, 2.05) is 23.4 Å². The molecule has 0 radical (unpaired) electrons. The minimum absolute atomic E-state index is 0.0908. The number of imidazole rings is 1. The van der Waals surface area contributed by atoms with Gasteiger partial charge in [-0.2, -0.15) is 10.1 Å². The molecule has 34 heavy (non-hydrogen) atoms. The van der Waals surface area contributed by atoms with Crippen LogP contribution >= 0.6 is 0 Å². The number of aromatic nitrogens is 4. The van der Waals surface area contributed by atoms with Gasteiger partial charge in [-0.3, -0.25) is 18.5 Å². The Labute approximate surface area is 200 Å². The number of piperidine rings is 2. The second-order valence-electron chi connectivity index (χ2n) is 10.1. The zero-order chi connectivity index (χ0) is 23.8. The van der Waals surface area contributed by atoms with E-state index in [2.05, 4.69) is 9.80 Å². The van der Waals surface area contributed by atoms with Gasteiger partial charge < -0.3 is 9.80 Å². The third-order valence-corrected chi connectivity index (χ3v) is 7.82. The van der Waals surface area contributed by atoms with Gasteiger partial charge in [0.05, 0.1) is 18.3 Å². The zero-order valence-corrected chi connectivity index (χ0v) is 20.9. The van der Waals surface area contributed by atoms with Crippen LogP contribution in [0, 0.1) is 0 Å². The van der Waals surface area contributed by atoms with Gasteiger partial charge in [-0.25, -0.2) is 9.80 Å². The number of hydrogen-bond donors (Lipinski definition) is 0. The molecule has 2 aromatic rings. The number of aryl methyl sites for hydroxylation is 1. The smallest absolute Gasteiger partial charge is 0.302 e. The lowest BCUT2D eigenvalue weighted by Crippen LogP contribution is -2.43. The van der Waals surface area contributed by atoms with Crippen LogP contribution in [-0.4, -0.2) is 80.0 Å². The van der Waals surface area contributed by atoms with E-state index in [1.165, 1.54) is 47.7 Å². The van der Waals surface area contributed by atoms with Crippen molar-refractivity contribution in [1.29, 1.82) is 0 Å². The van der Waals surface area contributed by atoms with Crippen LogP contribution in [0.5, 0.6) is 0 Å². The number of hydrazone groups is 1. The van der Waals surface area contributed by atoms with Crippen LogP contribution in [0.25, 0.3) is 11.2 Å². The summed E-state index contributed by atoms with van der Waals surface area (Å²) in [5, 5.41) is 6.75. The first-order valence-electron chi connectivity index (χ1n) is 12.9. The van der Waals surface area contributed by atoms with Crippen molar-refractivity contribution < 1.29 is 0 Å².